The molecule has 0 amide bonds. The van der Waals surface area contributed by atoms with Crippen LogP contribution in [0.25, 0.3) is 0 Å². The fourth-order valence-corrected chi connectivity index (χ4v) is 1.82. The maximum atomic E-state index is 12.7. The third kappa shape index (κ3) is 3.02. The molecule has 2 N–H and O–H groups in total. The van der Waals surface area contributed by atoms with Crippen molar-refractivity contribution in [1.29, 1.82) is 0 Å². The Morgan fingerprint density at radius 2 is 2.00 bits per heavy atom. The number of aromatic nitrogens is 1. The van der Waals surface area contributed by atoms with Gasteiger partial charge < -0.3 is 5.73 Å². The highest BCUT2D eigenvalue weighted by Crippen LogP contribution is 2.20. The van der Waals surface area contributed by atoms with Crippen LogP contribution in [-0.4, -0.2) is 4.98 Å². The summed E-state index contributed by atoms with van der Waals surface area (Å²) < 4.78 is 12.7. The minimum atomic E-state index is -0.362. The van der Waals surface area contributed by atoms with Gasteiger partial charge in [0.2, 0.25) is 0 Å². The molecule has 2 aromatic rings. The lowest BCUT2D eigenvalue weighted by atomic mass is 10.0. The van der Waals surface area contributed by atoms with E-state index in [-0.39, 0.29) is 11.9 Å². The smallest absolute Gasteiger partial charge is 0.141 e. The standard InChI is InChI=1S/C13H12ClFN2/c14-11-4-2-1-3-9(11)7-12(16)13-6-5-10(15)8-17-13/h1-6,8,12H,7,16H2. The quantitative estimate of drug-likeness (QED) is 0.909. The van der Waals surface area contributed by atoms with E-state index in [0.29, 0.717) is 17.1 Å². The van der Waals surface area contributed by atoms with Crippen LogP contribution in [0.15, 0.2) is 42.6 Å². The van der Waals surface area contributed by atoms with Crippen molar-refractivity contribution in [2.45, 2.75) is 12.5 Å². The number of rotatable bonds is 3. The summed E-state index contributed by atoms with van der Waals surface area (Å²) in [4.78, 5) is 3.96. The van der Waals surface area contributed by atoms with Crippen LogP contribution in [0, 0.1) is 5.82 Å². The first-order valence-corrected chi connectivity index (χ1v) is 5.65. The number of nitrogens with two attached hydrogens (primary N) is 1. The van der Waals surface area contributed by atoms with E-state index in [0.717, 1.165) is 5.56 Å². The highest BCUT2D eigenvalue weighted by molar-refractivity contribution is 6.31. The van der Waals surface area contributed by atoms with E-state index < -0.39 is 0 Å². The Hall–Kier alpha value is -1.45. The molecule has 1 aromatic carbocycles. The summed E-state index contributed by atoms with van der Waals surface area (Å²) in [6.07, 6.45) is 1.75. The summed E-state index contributed by atoms with van der Waals surface area (Å²) >= 11 is 6.05. The lowest BCUT2D eigenvalue weighted by Crippen LogP contribution is -2.15. The average molecular weight is 251 g/mol. The van der Waals surface area contributed by atoms with E-state index in [9.17, 15) is 4.39 Å². The van der Waals surface area contributed by atoms with E-state index in [1.54, 1.807) is 6.07 Å². The van der Waals surface area contributed by atoms with Crippen molar-refractivity contribution in [2.24, 2.45) is 5.73 Å². The van der Waals surface area contributed by atoms with Gasteiger partial charge in [-0.3, -0.25) is 4.98 Å². The molecule has 0 fully saturated rings. The predicted molar refractivity (Wildman–Crippen MR) is 66.3 cm³/mol. The molecule has 1 aromatic heterocycles. The van der Waals surface area contributed by atoms with Crippen molar-refractivity contribution in [3.05, 3.63) is 64.7 Å². The molecule has 0 aliphatic rings. The van der Waals surface area contributed by atoms with Gasteiger partial charge in [0.15, 0.2) is 0 Å². The number of hydrogen-bond donors (Lipinski definition) is 1. The Bertz CT molecular complexity index is 499. The number of hydrogen-bond acceptors (Lipinski definition) is 2. The Kier molecular flexibility index (Phi) is 3.71. The molecule has 1 atom stereocenters. The number of pyridine rings is 1. The van der Waals surface area contributed by atoms with Gasteiger partial charge in [0.1, 0.15) is 5.82 Å². The van der Waals surface area contributed by atoms with Crippen LogP contribution in [0.3, 0.4) is 0 Å². The second-order valence-corrected chi connectivity index (χ2v) is 4.21. The van der Waals surface area contributed by atoms with Gasteiger partial charge in [-0.25, -0.2) is 4.39 Å². The Balaban J connectivity index is 2.14. The van der Waals surface area contributed by atoms with Crippen molar-refractivity contribution in [3.63, 3.8) is 0 Å². The van der Waals surface area contributed by atoms with Gasteiger partial charge >= 0.3 is 0 Å². The minimum absolute atomic E-state index is 0.282. The van der Waals surface area contributed by atoms with Crippen molar-refractivity contribution >= 4 is 11.6 Å². The molecule has 2 nitrogen and oxygen atoms in total. The maximum absolute atomic E-state index is 12.7. The highest BCUT2D eigenvalue weighted by atomic mass is 35.5. The Morgan fingerprint density at radius 1 is 1.24 bits per heavy atom. The molecule has 0 bridgehead atoms. The van der Waals surface area contributed by atoms with Crippen molar-refractivity contribution in [3.8, 4) is 0 Å². The Labute approximate surface area is 104 Å². The van der Waals surface area contributed by atoms with Gasteiger partial charge in [-0.2, -0.15) is 0 Å². The lowest BCUT2D eigenvalue weighted by Gasteiger charge is -2.12. The molecule has 0 aliphatic carbocycles. The van der Waals surface area contributed by atoms with E-state index in [1.807, 2.05) is 24.3 Å². The molecule has 0 radical (unpaired) electrons. The summed E-state index contributed by atoms with van der Waals surface area (Å²) in [5.74, 6) is -0.362. The zero-order chi connectivity index (χ0) is 12.3. The first kappa shape index (κ1) is 12.0. The second-order valence-electron chi connectivity index (χ2n) is 3.80. The van der Waals surface area contributed by atoms with Gasteiger partial charge in [0, 0.05) is 5.02 Å². The third-order valence-electron chi connectivity index (χ3n) is 2.53. The molecule has 88 valence electrons. The van der Waals surface area contributed by atoms with Crippen LogP contribution < -0.4 is 5.73 Å². The van der Waals surface area contributed by atoms with Gasteiger partial charge in [-0.1, -0.05) is 29.8 Å². The Morgan fingerprint density at radius 3 is 2.65 bits per heavy atom. The normalized spacial score (nSPS) is 12.4. The number of nitrogens with zero attached hydrogens (tertiary/aromatic N) is 1. The molecule has 4 heteroatoms. The number of halogens is 2. The van der Waals surface area contributed by atoms with Crippen LogP contribution in [0.5, 0.6) is 0 Å². The van der Waals surface area contributed by atoms with E-state index in [2.05, 4.69) is 4.98 Å². The lowest BCUT2D eigenvalue weighted by molar-refractivity contribution is 0.612. The summed E-state index contributed by atoms with van der Waals surface area (Å²) in [7, 11) is 0. The van der Waals surface area contributed by atoms with Crippen LogP contribution in [-0.2, 0) is 6.42 Å². The fraction of sp³-hybridized carbons (Fsp3) is 0.154. The summed E-state index contributed by atoms with van der Waals surface area (Å²) in [5.41, 5.74) is 7.63. The maximum Gasteiger partial charge on any atom is 0.141 e. The SMILES string of the molecule is NC(Cc1ccccc1Cl)c1ccc(F)cn1. The first-order chi connectivity index (χ1) is 8.16. The molecular weight excluding hydrogens is 239 g/mol. The predicted octanol–water partition coefficient (Wildman–Crippen LogP) is 3.12. The molecule has 0 spiro atoms. The monoisotopic (exact) mass is 250 g/mol. The van der Waals surface area contributed by atoms with Gasteiger partial charge in [0.05, 0.1) is 17.9 Å². The van der Waals surface area contributed by atoms with E-state index >= 15 is 0 Å². The summed E-state index contributed by atoms with van der Waals surface area (Å²) in [6, 6.07) is 10.2. The molecule has 1 heterocycles. The van der Waals surface area contributed by atoms with Gasteiger partial charge in [0.25, 0.3) is 0 Å². The first-order valence-electron chi connectivity index (χ1n) is 5.27. The largest absolute Gasteiger partial charge is 0.322 e. The zero-order valence-corrected chi connectivity index (χ0v) is 9.86. The van der Waals surface area contributed by atoms with Crippen molar-refractivity contribution in [2.75, 3.05) is 0 Å². The summed E-state index contributed by atoms with van der Waals surface area (Å²) in [6.45, 7) is 0. The topological polar surface area (TPSA) is 38.9 Å². The second kappa shape index (κ2) is 5.25. The zero-order valence-electron chi connectivity index (χ0n) is 9.11. The average Bonchev–Trinajstić information content (AvgIpc) is 2.33. The number of benzene rings is 1. The molecule has 0 saturated heterocycles. The molecular formula is C13H12ClFN2. The van der Waals surface area contributed by atoms with Crippen LogP contribution in [0.1, 0.15) is 17.3 Å². The highest BCUT2D eigenvalue weighted by Gasteiger charge is 2.10. The molecule has 17 heavy (non-hydrogen) atoms. The third-order valence-corrected chi connectivity index (χ3v) is 2.90. The van der Waals surface area contributed by atoms with Crippen LogP contribution in [0.2, 0.25) is 5.02 Å². The molecule has 0 aliphatic heterocycles. The van der Waals surface area contributed by atoms with Crippen LogP contribution >= 0.6 is 11.6 Å². The molecule has 0 saturated carbocycles. The minimum Gasteiger partial charge on any atom is -0.322 e. The van der Waals surface area contributed by atoms with Gasteiger partial charge in [-0.15, -0.1) is 0 Å². The summed E-state index contributed by atoms with van der Waals surface area (Å²) in [5, 5.41) is 0.685. The fourth-order valence-electron chi connectivity index (χ4n) is 1.61. The van der Waals surface area contributed by atoms with E-state index in [1.165, 1.54) is 12.3 Å². The van der Waals surface area contributed by atoms with Gasteiger partial charge in [-0.05, 0) is 30.2 Å². The van der Waals surface area contributed by atoms with Crippen LogP contribution in [0.4, 0.5) is 4.39 Å². The molecule has 2 rings (SSSR count). The van der Waals surface area contributed by atoms with E-state index in [4.69, 9.17) is 17.3 Å². The van der Waals surface area contributed by atoms with Crippen molar-refractivity contribution < 1.29 is 4.39 Å². The molecule has 1 unspecified atom stereocenters. The van der Waals surface area contributed by atoms with Crippen molar-refractivity contribution in [1.82, 2.24) is 4.98 Å².